The molecule has 17 heavy (non-hydrogen) atoms. The van der Waals surface area contributed by atoms with E-state index in [-0.39, 0.29) is 18.0 Å². The van der Waals surface area contributed by atoms with Gasteiger partial charge in [0.25, 0.3) is 0 Å². The van der Waals surface area contributed by atoms with Crippen molar-refractivity contribution in [1.29, 1.82) is 0 Å². The number of hydrogen-bond acceptors (Lipinski definition) is 5. The molecule has 0 spiro atoms. The SMILES string of the molecule is COCCNC(=O)C(C)N(C)CC(N)COC. The number of nitrogens with one attached hydrogen (secondary N) is 1. The van der Waals surface area contributed by atoms with Gasteiger partial charge in [-0.3, -0.25) is 9.69 Å². The van der Waals surface area contributed by atoms with E-state index in [2.05, 4.69) is 5.32 Å². The molecule has 0 radical (unpaired) electrons. The number of carbonyl (C=O) groups excluding carboxylic acids is 1. The van der Waals surface area contributed by atoms with E-state index in [4.69, 9.17) is 15.2 Å². The van der Waals surface area contributed by atoms with Gasteiger partial charge >= 0.3 is 0 Å². The smallest absolute Gasteiger partial charge is 0.237 e. The van der Waals surface area contributed by atoms with Crippen molar-refractivity contribution in [1.82, 2.24) is 10.2 Å². The first-order valence-corrected chi connectivity index (χ1v) is 5.74. The van der Waals surface area contributed by atoms with E-state index < -0.39 is 0 Å². The van der Waals surface area contributed by atoms with Crippen LogP contribution in [0.4, 0.5) is 0 Å². The number of amides is 1. The number of nitrogens with zero attached hydrogens (tertiary/aromatic N) is 1. The fourth-order valence-corrected chi connectivity index (χ4v) is 1.42. The van der Waals surface area contributed by atoms with E-state index in [0.29, 0.717) is 26.3 Å². The number of likely N-dealkylation sites (N-methyl/N-ethyl adjacent to an activating group) is 1. The maximum atomic E-state index is 11.7. The molecule has 0 bridgehead atoms. The second-order valence-electron chi connectivity index (χ2n) is 4.11. The van der Waals surface area contributed by atoms with Gasteiger partial charge in [-0.1, -0.05) is 0 Å². The molecule has 1 amide bonds. The molecule has 3 N–H and O–H groups in total. The van der Waals surface area contributed by atoms with E-state index in [9.17, 15) is 4.79 Å². The van der Waals surface area contributed by atoms with Crippen LogP contribution in [0.5, 0.6) is 0 Å². The molecule has 0 heterocycles. The van der Waals surface area contributed by atoms with Gasteiger partial charge < -0.3 is 20.5 Å². The van der Waals surface area contributed by atoms with E-state index in [1.807, 2.05) is 18.9 Å². The number of carbonyl (C=O) groups is 1. The number of nitrogens with two attached hydrogens (primary N) is 1. The third-order valence-electron chi connectivity index (χ3n) is 2.55. The monoisotopic (exact) mass is 247 g/mol. The lowest BCUT2D eigenvalue weighted by atomic mass is 10.2. The van der Waals surface area contributed by atoms with Crippen LogP contribution in [-0.4, -0.2) is 70.5 Å². The highest BCUT2D eigenvalue weighted by Gasteiger charge is 2.19. The zero-order valence-corrected chi connectivity index (χ0v) is 11.2. The van der Waals surface area contributed by atoms with Gasteiger partial charge in [0.2, 0.25) is 5.91 Å². The molecule has 0 saturated carbocycles. The van der Waals surface area contributed by atoms with Crippen LogP contribution in [-0.2, 0) is 14.3 Å². The largest absolute Gasteiger partial charge is 0.383 e. The fraction of sp³-hybridized carbons (Fsp3) is 0.909. The van der Waals surface area contributed by atoms with E-state index in [0.717, 1.165) is 0 Å². The van der Waals surface area contributed by atoms with E-state index >= 15 is 0 Å². The molecule has 0 aliphatic carbocycles. The van der Waals surface area contributed by atoms with Gasteiger partial charge in [-0.2, -0.15) is 0 Å². The summed E-state index contributed by atoms with van der Waals surface area (Å²) < 4.78 is 9.82. The quantitative estimate of drug-likeness (QED) is 0.513. The Morgan fingerprint density at radius 3 is 2.59 bits per heavy atom. The van der Waals surface area contributed by atoms with Crippen LogP contribution in [0, 0.1) is 0 Å². The molecule has 0 aromatic rings. The Balaban J connectivity index is 3.93. The molecule has 0 aromatic heterocycles. The minimum atomic E-state index is -0.213. The predicted octanol–water partition coefficient (Wildman–Crippen LogP) is -0.957. The highest BCUT2D eigenvalue weighted by atomic mass is 16.5. The van der Waals surface area contributed by atoms with Crippen molar-refractivity contribution in [2.45, 2.75) is 19.0 Å². The molecule has 0 aliphatic rings. The van der Waals surface area contributed by atoms with Crippen molar-refractivity contribution in [3.63, 3.8) is 0 Å². The molecule has 0 aliphatic heterocycles. The minimum absolute atomic E-state index is 0.0193. The standard InChI is InChI=1S/C11H25N3O3/c1-9(11(15)13-5-6-16-3)14(2)7-10(12)8-17-4/h9-10H,5-8,12H2,1-4H3,(H,13,15). The Labute approximate surface area is 103 Å². The Kier molecular flexibility index (Phi) is 8.97. The van der Waals surface area contributed by atoms with Crippen LogP contribution < -0.4 is 11.1 Å². The van der Waals surface area contributed by atoms with Crippen molar-refractivity contribution >= 4 is 5.91 Å². The van der Waals surface area contributed by atoms with E-state index in [1.54, 1.807) is 14.2 Å². The van der Waals surface area contributed by atoms with E-state index in [1.165, 1.54) is 0 Å². The van der Waals surface area contributed by atoms with Gasteiger partial charge in [-0.15, -0.1) is 0 Å². The summed E-state index contributed by atoms with van der Waals surface area (Å²) in [5.74, 6) is -0.0193. The molecular weight excluding hydrogens is 222 g/mol. The summed E-state index contributed by atoms with van der Waals surface area (Å²) in [5.41, 5.74) is 5.83. The van der Waals surface area contributed by atoms with Crippen LogP contribution in [0.2, 0.25) is 0 Å². The number of methoxy groups -OCH3 is 2. The van der Waals surface area contributed by atoms with Gasteiger partial charge in [0.05, 0.1) is 19.3 Å². The van der Waals surface area contributed by atoms with Gasteiger partial charge in [-0.25, -0.2) is 0 Å². The zero-order valence-electron chi connectivity index (χ0n) is 11.2. The van der Waals surface area contributed by atoms with Gasteiger partial charge in [0.15, 0.2) is 0 Å². The lowest BCUT2D eigenvalue weighted by Crippen LogP contribution is -2.48. The first-order valence-electron chi connectivity index (χ1n) is 5.74. The number of ether oxygens (including phenoxy) is 2. The summed E-state index contributed by atoms with van der Waals surface area (Å²) in [4.78, 5) is 13.6. The van der Waals surface area contributed by atoms with Crippen molar-refractivity contribution in [2.75, 3.05) is 47.6 Å². The third kappa shape index (κ3) is 7.27. The Morgan fingerprint density at radius 1 is 1.41 bits per heavy atom. The number of rotatable bonds is 9. The average molecular weight is 247 g/mol. The summed E-state index contributed by atoms with van der Waals surface area (Å²) in [5, 5.41) is 2.79. The maximum absolute atomic E-state index is 11.7. The van der Waals surface area contributed by atoms with Crippen LogP contribution in [0.15, 0.2) is 0 Å². The fourth-order valence-electron chi connectivity index (χ4n) is 1.42. The van der Waals surface area contributed by atoms with Crippen molar-refractivity contribution in [2.24, 2.45) is 5.73 Å². The first kappa shape index (κ1) is 16.3. The summed E-state index contributed by atoms with van der Waals surface area (Å²) in [6.45, 7) is 4.00. The number of hydrogen-bond donors (Lipinski definition) is 2. The second-order valence-corrected chi connectivity index (χ2v) is 4.11. The van der Waals surface area contributed by atoms with Crippen LogP contribution >= 0.6 is 0 Å². The molecule has 102 valence electrons. The van der Waals surface area contributed by atoms with Crippen molar-refractivity contribution < 1.29 is 14.3 Å². The average Bonchev–Trinajstić information content (AvgIpc) is 2.28. The summed E-state index contributed by atoms with van der Waals surface area (Å²) in [7, 11) is 5.09. The molecule has 0 rings (SSSR count). The molecule has 6 heteroatoms. The lowest BCUT2D eigenvalue weighted by Gasteiger charge is -2.26. The summed E-state index contributed by atoms with van der Waals surface area (Å²) in [6.07, 6.45) is 0. The Bertz CT molecular complexity index is 214. The van der Waals surface area contributed by atoms with Crippen molar-refractivity contribution in [3.05, 3.63) is 0 Å². The van der Waals surface area contributed by atoms with Crippen LogP contribution in [0.1, 0.15) is 6.92 Å². The topological polar surface area (TPSA) is 76.8 Å². The second kappa shape index (κ2) is 9.35. The molecule has 2 atom stereocenters. The molecule has 0 saturated heterocycles. The third-order valence-corrected chi connectivity index (χ3v) is 2.55. The Hall–Kier alpha value is -0.690. The normalized spacial score (nSPS) is 14.7. The zero-order chi connectivity index (χ0) is 13.3. The highest BCUT2D eigenvalue weighted by molar-refractivity contribution is 5.81. The molecular formula is C11H25N3O3. The van der Waals surface area contributed by atoms with Gasteiger partial charge in [0, 0.05) is 33.4 Å². The predicted molar refractivity (Wildman–Crippen MR) is 66.8 cm³/mol. The molecule has 0 fully saturated rings. The van der Waals surface area contributed by atoms with Gasteiger partial charge in [0.1, 0.15) is 0 Å². The molecule has 2 unspecified atom stereocenters. The molecule has 0 aromatic carbocycles. The first-order chi connectivity index (χ1) is 8.02. The van der Waals surface area contributed by atoms with Crippen molar-refractivity contribution in [3.8, 4) is 0 Å². The highest BCUT2D eigenvalue weighted by Crippen LogP contribution is 1.97. The lowest BCUT2D eigenvalue weighted by molar-refractivity contribution is -0.125. The Morgan fingerprint density at radius 2 is 2.06 bits per heavy atom. The van der Waals surface area contributed by atoms with Gasteiger partial charge in [-0.05, 0) is 14.0 Å². The molecule has 6 nitrogen and oxygen atoms in total. The minimum Gasteiger partial charge on any atom is -0.383 e. The van der Waals surface area contributed by atoms with Crippen LogP contribution in [0.3, 0.4) is 0 Å². The van der Waals surface area contributed by atoms with Crippen LogP contribution in [0.25, 0.3) is 0 Å². The maximum Gasteiger partial charge on any atom is 0.237 e. The summed E-state index contributed by atoms with van der Waals surface area (Å²) >= 11 is 0. The summed E-state index contributed by atoms with van der Waals surface area (Å²) in [6, 6.07) is -0.297.